The van der Waals surface area contributed by atoms with Gasteiger partial charge in [-0.3, -0.25) is 9.59 Å². The molecule has 3 aliphatic rings. The number of nitrogens with zero attached hydrogens (tertiary/aromatic N) is 1. The van der Waals surface area contributed by atoms with Gasteiger partial charge in [0.05, 0.1) is 0 Å². The molecular weight excluding hydrogens is 240 g/mol. The molecule has 4 nitrogen and oxygen atoms in total. The normalized spacial score (nSPS) is 33.9. The van der Waals surface area contributed by atoms with Crippen LogP contribution in [-0.4, -0.2) is 34.3 Å². The Bertz CT molecular complexity index is 410. The number of hydrogen-bond acceptors (Lipinski definition) is 2. The second-order valence-corrected chi connectivity index (χ2v) is 6.63. The minimum absolute atomic E-state index is 0.104. The Morgan fingerprint density at radius 3 is 2.42 bits per heavy atom. The van der Waals surface area contributed by atoms with Crippen LogP contribution in [-0.2, 0) is 9.59 Å². The monoisotopic (exact) mass is 264 g/mol. The van der Waals surface area contributed by atoms with Crippen LogP contribution >= 0.6 is 0 Å². The third kappa shape index (κ3) is 1.72. The summed E-state index contributed by atoms with van der Waals surface area (Å²) in [4.78, 5) is 27.6. The van der Waals surface area contributed by atoms with Gasteiger partial charge >= 0.3 is 0 Å². The lowest BCUT2D eigenvalue weighted by Crippen LogP contribution is -2.75. The van der Waals surface area contributed by atoms with Gasteiger partial charge in [0, 0.05) is 6.54 Å². The molecule has 3 fully saturated rings. The summed E-state index contributed by atoms with van der Waals surface area (Å²) in [6.45, 7) is 4.72. The summed E-state index contributed by atoms with van der Waals surface area (Å²) in [5.74, 6) is 0.618. The third-order valence-electron chi connectivity index (χ3n) is 5.27. The molecule has 0 aromatic carbocycles. The minimum atomic E-state index is -0.639. The first-order valence-electron chi connectivity index (χ1n) is 7.69. The maximum atomic E-state index is 12.9. The van der Waals surface area contributed by atoms with Crippen LogP contribution in [0.1, 0.15) is 58.8 Å². The number of rotatable bonds is 3. The van der Waals surface area contributed by atoms with Crippen LogP contribution in [0.3, 0.4) is 0 Å². The van der Waals surface area contributed by atoms with Crippen LogP contribution in [0.2, 0.25) is 0 Å². The van der Waals surface area contributed by atoms with Crippen LogP contribution in [0.15, 0.2) is 0 Å². The first-order chi connectivity index (χ1) is 9.04. The lowest BCUT2D eigenvalue weighted by atomic mass is 9.82. The van der Waals surface area contributed by atoms with E-state index in [0.717, 1.165) is 44.9 Å². The molecule has 1 spiro atoms. The summed E-state index contributed by atoms with van der Waals surface area (Å²) in [5.41, 5.74) is -1.17. The van der Waals surface area contributed by atoms with Crippen molar-refractivity contribution in [2.45, 2.75) is 69.9 Å². The molecular formula is C15H24N2O2. The van der Waals surface area contributed by atoms with Crippen molar-refractivity contribution in [1.29, 1.82) is 0 Å². The van der Waals surface area contributed by atoms with E-state index in [1.54, 1.807) is 0 Å². The van der Waals surface area contributed by atoms with Crippen molar-refractivity contribution in [1.82, 2.24) is 10.2 Å². The van der Waals surface area contributed by atoms with Crippen molar-refractivity contribution < 1.29 is 9.59 Å². The smallest absolute Gasteiger partial charge is 0.249 e. The van der Waals surface area contributed by atoms with Crippen LogP contribution in [0.25, 0.3) is 0 Å². The molecule has 2 saturated carbocycles. The highest BCUT2D eigenvalue weighted by Crippen LogP contribution is 2.47. The predicted molar refractivity (Wildman–Crippen MR) is 72.5 cm³/mol. The van der Waals surface area contributed by atoms with Gasteiger partial charge in [0.2, 0.25) is 11.8 Å². The lowest BCUT2D eigenvalue weighted by molar-refractivity contribution is -0.163. The minimum Gasteiger partial charge on any atom is -0.340 e. The molecule has 19 heavy (non-hydrogen) atoms. The van der Waals surface area contributed by atoms with E-state index >= 15 is 0 Å². The molecule has 0 radical (unpaired) electrons. The molecule has 0 bridgehead atoms. The number of hydrogen-bond donors (Lipinski definition) is 1. The Hall–Kier alpha value is -1.06. The second kappa shape index (κ2) is 4.22. The zero-order chi connectivity index (χ0) is 13.7. The number of amides is 2. The molecule has 0 aromatic rings. The van der Waals surface area contributed by atoms with Gasteiger partial charge in [0.25, 0.3) is 0 Å². The number of nitrogens with one attached hydrogen (secondary N) is 1. The molecule has 0 aromatic heterocycles. The van der Waals surface area contributed by atoms with Crippen LogP contribution < -0.4 is 5.32 Å². The van der Waals surface area contributed by atoms with Crippen molar-refractivity contribution in [3.63, 3.8) is 0 Å². The van der Waals surface area contributed by atoms with E-state index < -0.39 is 11.1 Å². The van der Waals surface area contributed by atoms with Crippen LogP contribution in [0, 0.1) is 5.92 Å². The highest BCUT2D eigenvalue weighted by atomic mass is 16.2. The van der Waals surface area contributed by atoms with Gasteiger partial charge in [0.15, 0.2) is 0 Å². The summed E-state index contributed by atoms with van der Waals surface area (Å²) >= 11 is 0. The molecule has 106 valence electrons. The van der Waals surface area contributed by atoms with Gasteiger partial charge in [0.1, 0.15) is 11.1 Å². The Balaban J connectivity index is 1.96. The van der Waals surface area contributed by atoms with E-state index in [1.165, 1.54) is 0 Å². The fourth-order valence-electron chi connectivity index (χ4n) is 3.94. The molecule has 1 saturated heterocycles. The topological polar surface area (TPSA) is 49.4 Å². The third-order valence-corrected chi connectivity index (χ3v) is 5.27. The molecule has 1 heterocycles. The van der Waals surface area contributed by atoms with Gasteiger partial charge in [-0.05, 0) is 44.9 Å². The van der Waals surface area contributed by atoms with Crippen molar-refractivity contribution in [2.75, 3.05) is 6.54 Å². The van der Waals surface area contributed by atoms with Crippen molar-refractivity contribution in [2.24, 2.45) is 5.92 Å². The molecule has 1 unspecified atom stereocenters. The summed E-state index contributed by atoms with van der Waals surface area (Å²) in [6.07, 6.45) is 6.84. The SMILES string of the molecule is CCCN1C(=O)C(C)(C2CC2)NC(=O)C12CCCC2. The molecule has 4 heteroatoms. The fourth-order valence-corrected chi connectivity index (χ4v) is 3.94. The summed E-state index contributed by atoms with van der Waals surface area (Å²) < 4.78 is 0. The largest absolute Gasteiger partial charge is 0.340 e. The quantitative estimate of drug-likeness (QED) is 0.845. The summed E-state index contributed by atoms with van der Waals surface area (Å²) in [7, 11) is 0. The van der Waals surface area contributed by atoms with E-state index in [-0.39, 0.29) is 11.8 Å². The molecule has 2 aliphatic carbocycles. The average molecular weight is 264 g/mol. The number of carbonyl (C=O) groups excluding carboxylic acids is 2. The standard InChI is InChI=1S/C15H24N2O2/c1-3-10-17-13(19)14(2,11-6-7-11)16-12(18)15(17)8-4-5-9-15/h11H,3-10H2,1-2H3,(H,16,18). The zero-order valence-electron chi connectivity index (χ0n) is 12.0. The predicted octanol–water partition coefficient (Wildman–Crippen LogP) is 1.84. The van der Waals surface area contributed by atoms with E-state index in [1.807, 2.05) is 11.8 Å². The Morgan fingerprint density at radius 2 is 1.89 bits per heavy atom. The van der Waals surface area contributed by atoms with Gasteiger partial charge in [-0.1, -0.05) is 19.8 Å². The molecule has 1 atom stereocenters. The van der Waals surface area contributed by atoms with E-state index in [9.17, 15) is 9.59 Å². The van der Waals surface area contributed by atoms with Crippen molar-refractivity contribution in [3.05, 3.63) is 0 Å². The Morgan fingerprint density at radius 1 is 1.26 bits per heavy atom. The summed E-state index contributed by atoms with van der Waals surface area (Å²) in [6, 6.07) is 0. The summed E-state index contributed by atoms with van der Waals surface area (Å²) in [5, 5.41) is 3.10. The number of carbonyl (C=O) groups is 2. The van der Waals surface area contributed by atoms with Gasteiger partial charge in [-0.25, -0.2) is 0 Å². The highest BCUT2D eigenvalue weighted by molar-refractivity contribution is 6.02. The maximum Gasteiger partial charge on any atom is 0.249 e. The lowest BCUT2D eigenvalue weighted by Gasteiger charge is -2.50. The van der Waals surface area contributed by atoms with Crippen molar-refractivity contribution >= 4 is 11.8 Å². The van der Waals surface area contributed by atoms with Gasteiger partial charge in [-0.2, -0.15) is 0 Å². The van der Waals surface area contributed by atoms with Crippen molar-refractivity contribution in [3.8, 4) is 0 Å². The van der Waals surface area contributed by atoms with Gasteiger partial charge < -0.3 is 10.2 Å². The zero-order valence-corrected chi connectivity index (χ0v) is 12.0. The average Bonchev–Trinajstić information content (AvgIpc) is 3.13. The first kappa shape index (κ1) is 12.9. The van der Waals surface area contributed by atoms with E-state index in [0.29, 0.717) is 12.5 Å². The van der Waals surface area contributed by atoms with Gasteiger partial charge in [-0.15, -0.1) is 0 Å². The van der Waals surface area contributed by atoms with E-state index in [2.05, 4.69) is 12.2 Å². The maximum absolute atomic E-state index is 12.9. The highest BCUT2D eigenvalue weighted by Gasteiger charge is 2.61. The van der Waals surface area contributed by atoms with E-state index in [4.69, 9.17) is 0 Å². The van der Waals surface area contributed by atoms with Crippen LogP contribution in [0.5, 0.6) is 0 Å². The molecule has 1 aliphatic heterocycles. The first-order valence-corrected chi connectivity index (χ1v) is 7.69. The molecule has 2 amide bonds. The second-order valence-electron chi connectivity index (χ2n) is 6.63. The molecule has 3 rings (SSSR count). The Labute approximate surface area is 114 Å². The fraction of sp³-hybridized carbons (Fsp3) is 0.867. The Kier molecular flexibility index (Phi) is 2.88. The number of piperazine rings is 1. The molecule has 1 N–H and O–H groups in total. The van der Waals surface area contributed by atoms with Crippen LogP contribution in [0.4, 0.5) is 0 Å².